The Kier molecular flexibility index (Phi) is 6.93. The summed E-state index contributed by atoms with van der Waals surface area (Å²) in [6, 6.07) is 15.2. The van der Waals surface area contributed by atoms with Crippen LogP contribution in [0.25, 0.3) is 0 Å². The van der Waals surface area contributed by atoms with E-state index in [0.717, 1.165) is 28.1 Å². The maximum Gasteiger partial charge on any atom is 0.307 e. The predicted octanol–water partition coefficient (Wildman–Crippen LogP) is 3.61. The molecule has 1 heterocycles. The summed E-state index contributed by atoms with van der Waals surface area (Å²) in [6.45, 7) is 3.62. The molecule has 0 aliphatic carbocycles. The standard InChI is InChI=1S/C22H24N2O4S/c1-3-16(15-10-8-14(2)9-11-15)23-20(25)13-28-21(26)12-19-22(27)24-17-6-4-5-7-18(17)29-19/h4-11,16,19H,3,12-13H2,1-2H3,(H,23,25)(H,24,27)/t16-,19-/m0/s1. The number of amides is 2. The largest absolute Gasteiger partial charge is 0.456 e. The highest BCUT2D eigenvalue weighted by atomic mass is 32.2. The summed E-state index contributed by atoms with van der Waals surface area (Å²) in [4.78, 5) is 37.4. The highest BCUT2D eigenvalue weighted by Crippen LogP contribution is 2.36. The van der Waals surface area contributed by atoms with Crippen molar-refractivity contribution in [3.05, 3.63) is 59.7 Å². The molecule has 3 rings (SSSR count). The Labute approximate surface area is 174 Å². The Morgan fingerprint density at radius 3 is 2.62 bits per heavy atom. The molecular weight excluding hydrogens is 388 g/mol. The minimum absolute atomic E-state index is 0.0900. The maximum absolute atomic E-state index is 12.2. The molecule has 0 unspecified atom stereocenters. The molecule has 0 fully saturated rings. The Balaban J connectivity index is 1.48. The average Bonchev–Trinajstić information content (AvgIpc) is 2.72. The van der Waals surface area contributed by atoms with E-state index >= 15 is 0 Å². The lowest BCUT2D eigenvalue weighted by Crippen LogP contribution is -2.34. The molecule has 2 atom stereocenters. The third-order valence-corrected chi connectivity index (χ3v) is 5.92. The number of ether oxygens (including phenoxy) is 1. The van der Waals surface area contributed by atoms with E-state index < -0.39 is 11.2 Å². The van der Waals surface area contributed by atoms with Gasteiger partial charge >= 0.3 is 5.97 Å². The number of hydrogen-bond acceptors (Lipinski definition) is 5. The van der Waals surface area contributed by atoms with Crippen LogP contribution in [0, 0.1) is 6.92 Å². The molecule has 7 heteroatoms. The van der Waals surface area contributed by atoms with Gasteiger partial charge in [-0.3, -0.25) is 14.4 Å². The van der Waals surface area contributed by atoms with Crippen LogP contribution in [-0.4, -0.2) is 29.6 Å². The summed E-state index contributed by atoms with van der Waals surface area (Å²) in [5.41, 5.74) is 2.90. The maximum atomic E-state index is 12.2. The van der Waals surface area contributed by atoms with Crippen LogP contribution in [0.15, 0.2) is 53.4 Å². The highest BCUT2D eigenvalue weighted by molar-refractivity contribution is 8.01. The number of rotatable bonds is 7. The SMILES string of the molecule is CC[C@H](NC(=O)COC(=O)C[C@@H]1Sc2ccccc2NC1=O)c1ccc(C)cc1. The van der Waals surface area contributed by atoms with Gasteiger partial charge in [-0.2, -0.15) is 0 Å². The van der Waals surface area contributed by atoms with Crippen molar-refractivity contribution in [2.45, 2.75) is 42.9 Å². The molecule has 0 aromatic heterocycles. The summed E-state index contributed by atoms with van der Waals surface area (Å²) >= 11 is 1.33. The topological polar surface area (TPSA) is 84.5 Å². The second-order valence-electron chi connectivity index (χ2n) is 6.90. The monoisotopic (exact) mass is 412 g/mol. The average molecular weight is 413 g/mol. The number of benzene rings is 2. The Morgan fingerprint density at radius 1 is 1.17 bits per heavy atom. The fourth-order valence-electron chi connectivity index (χ4n) is 3.04. The lowest BCUT2D eigenvalue weighted by Gasteiger charge is -2.23. The van der Waals surface area contributed by atoms with E-state index in [-0.39, 0.29) is 30.9 Å². The summed E-state index contributed by atoms with van der Waals surface area (Å²) < 4.78 is 5.10. The van der Waals surface area contributed by atoms with E-state index in [2.05, 4.69) is 10.6 Å². The van der Waals surface area contributed by atoms with Crippen LogP contribution >= 0.6 is 11.8 Å². The predicted molar refractivity (Wildman–Crippen MR) is 113 cm³/mol. The molecule has 1 aliphatic heterocycles. The van der Waals surface area contributed by atoms with Gasteiger partial charge in [-0.1, -0.05) is 48.9 Å². The first kappa shape index (κ1) is 20.9. The number of aryl methyl sites for hydroxylation is 1. The number of para-hydroxylation sites is 1. The summed E-state index contributed by atoms with van der Waals surface area (Å²) in [7, 11) is 0. The Morgan fingerprint density at radius 2 is 1.90 bits per heavy atom. The van der Waals surface area contributed by atoms with Crippen molar-refractivity contribution in [3.8, 4) is 0 Å². The first-order valence-electron chi connectivity index (χ1n) is 9.54. The molecule has 2 aromatic rings. The van der Waals surface area contributed by atoms with Crippen molar-refractivity contribution in [3.63, 3.8) is 0 Å². The van der Waals surface area contributed by atoms with Crippen LogP contribution in [0.2, 0.25) is 0 Å². The summed E-state index contributed by atoms with van der Waals surface area (Å²) in [5.74, 6) is -1.17. The number of fused-ring (bicyclic) bond motifs is 1. The zero-order chi connectivity index (χ0) is 20.8. The number of esters is 1. The van der Waals surface area contributed by atoms with Crippen LogP contribution in [0.1, 0.15) is 36.9 Å². The van der Waals surface area contributed by atoms with E-state index in [4.69, 9.17) is 4.74 Å². The Hall–Kier alpha value is -2.80. The minimum atomic E-state index is -0.574. The van der Waals surface area contributed by atoms with Gasteiger partial charge in [0.2, 0.25) is 5.91 Å². The van der Waals surface area contributed by atoms with E-state index in [9.17, 15) is 14.4 Å². The fourth-order valence-corrected chi connectivity index (χ4v) is 4.13. The quantitative estimate of drug-likeness (QED) is 0.679. The van der Waals surface area contributed by atoms with Crippen molar-refractivity contribution in [2.24, 2.45) is 0 Å². The van der Waals surface area contributed by atoms with Gasteiger partial charge in [0.05, 0.1) is 23.4 Å². The number of thioether (sulfide) groups is 1. The lowest BCUT2D eigenvalue weighted by atomic mass is 10.0. The van der Waals surface area contributed by atoms with Gasteiger partial charge in [0.1, 0.15) is 0 Å². The summed E-state index contributed by atoms with van der Waals surface area (Å²) in [5, 5.41) is 5.10. The third-order valence-electron chi connectivity index (χ3n) is 4.65. The molecule has 152 valence electrons. The highest BCUT2D eigenvalue weighted by Gasteiger charge is 2.29. The first-order chi connectivity index (χ1) is 14.0. The van der Waals surface area contributed by atoms with Crippen molar-refractivity contribution in [2.75, 3.05) is 11.9 Å². The van der Waals surface area contributed by atoms with Crippen LogP contribution in [-0.2, 0) is 19.1 Å². The van der Waals surface area contributed by atoms with Crippen LogP contribution < -0.4 is 10.6 Å². The molecule has 0 radical (unpaired) electrons. The third kappa shape index (κ3) is 5.60. The second-order valence-corrected chi connectivity index (χ2v) is 8.14. The zero-order valence-corrected chi connectivity index (χ0v) is 17.3. The normalized spacial score (nSPS) is 16.3. The number of anilines is 1. The fraction of sp³-hybridized carbons (Fsp3) is 0.318. The molecule has 0 saturated heterocycles. The molecular formula is C22H24N2O4S. The molecule has 29 heavy (non-hydrogen) atoms. The Bertz CT molecular complexity index is 898. The number of carbonyl (C=O) groups excluding carboxylic acids is 3. The van der Waals surface area contributed by atoms with Gasteiger partial charge < -0.3 is 15.4 Å². The number of carbonyl (C=O) groups is 3. The van der Waals surface area contributed by atoms with Gasteiger partial charge in [0.25, 0.3) is 5.91 Å². The van der Waals surface area contributed by atoms with Gasteiger partial charge in [-0.25, -0.2) is 0 Å². The first-order valence-corrected chi connectivity index (χ1v) is 10.4. The van der Waals surface area contributed by atoms with Crippen molar-refractivity contribution >= 4 is 35.2 Å². The molecule has 1 aliphatic rings. The molecule has 6 nitrogen and oxygen atoms in total. The molecule has 2 N–H and O–H groups in total. The minimum Gasteiger partial charge on any atom is -0.456 e. The molecule has 2 aromatic carbocycles. The van der Waals surface area contributed by atoms with Gasteiger partial charge in [0.15, 0.2) is 6.61 Å². The van der Waals surface area contributed by atoms with Crippen LogP contribution in [0.3, 0.4) is 0 Å². The molecule has 0 bridgehead atoms. The number of nitrogens with one attached hydrogen (secondary N) is 2. The van der Waals surface area contributed by atoms with E-state index in [0.29, 0.717) is 0 Å². The van der Waals surface area contributed by atoms with E-state index in [1.54, 1.807) is 0 Å². The van der Waals surface area contributed by atoms with Gasteiger partial charge in [-0.05, 0) is 31.0 Å². The van der Waals surface area contributed by atoms with Gasteiger partial charge in [0, 0.05) is 4.90 Å². The molecule has 0 saturated carbocycles. The van der Waals surface area contributed by atoms with Crippen molar-refractivity contribution < 1.29 is 19.1 Å². The molecule has 0 spiro atoms. The van der Waals surface area contributed by atoms with Crippen molar-refractivity contribution in [1.29, 1.82) is 0 Å². The van der Waals surface area contributed by atoms with Crippen LogP contribution in [0.4, 0.5) is 5.69 Å². The zero-order valence-electron chi connectivity index (χ0n) is 16.4. The second kappa shape index (κ2) is 9.60. The van der Waals surface area contributed by atoms with E-state index in [1.165, 1.54) is 11.8 Å². The smallest absolute Gasteiger partial charge is 0.307 e. The van der Waals surface area contributed by atoms with Crippen molar-refractivity contribution in [1.82, 2.24) is 5.32 Å². The summed E-state index contributed by atoms with van der Waals surface area (Å²) in [6.07, 6.45) is 0.633. The van der Waals surface area contributed by atoms with Gasteiger partial charge in [-0.15, -0.1) is 11.8 Å². The van der Waals surface area contributed by atoms with E-state index in [1.807, 2.05) is 62.4 Å². The lowest BCUT2D eigenvalue weighted by molar-refractivity contribution is -0.149. The van der Waals surface area contributed by atoms with Crippen LogP contribution in [0.5, 0.6) is 0 Å². The molecule has 2 amide bonds. The number of hydrogen-bond donors (Lipinski definition) is 2.